The van der Waals surface area contributed by atoms with Crippen molar-refractivity contribution < 1.29 is 29.0 Å². The van der Waals surface area contributed by atoms with E-state index in [1.54, 1.807) is 20.8 Å². The number of carbonyl (C=O) groups excluding carboxylic acids is 3. The predicted molar refractivity (Wildman–Crippen MR) is 95.9 cm³/mol. The van der Waals surface area contributed by atoms with E-state index in [-0.39, 0.29) is 0 Å². The minimum Gasteiger partial charge on any atom is -0.480 e. The number of rotatable bonds is 4. The number of carboxylic acid groups (broad SMARTS) is 1. The third-order valence-corrected chi connectivity index (χ3v) is 4.73. The molecule has 2 rings (SSSR count). The average molecular weight is 383 g/mol. The van der Waals surface area contributed by atoms with Gasteiger partial charge in [0.15, 0.2) is 0 Å². The topological polar surface area (TPSA) is 116 Å². The first-order valence-electron chi connectivity index (χ1n) is 9.34. The maximum Gasteiger partial charge on any atom is 0.410 e. The highest BCUT2D eigenvalue weighted by atomic mass is 16.6. The Bertz CT molecular complexity index is 615. The molecule has 0 aromatic rings. The Labute approximate surface area is 159 Å². The van der Waals surface area contributed by atoms with Crippen LogP contribution in [0.1, 0.15) is 53.4 Å². The van der Waals surface area contributed by atoms with Gasteiger partial charge in [-0.1, -0.05) is 0 Å². The number of carbonyl (C=O) groups is 4. The molecule has 0 aromatic heterocycles. The normalized spacial score (nSPS) is 23.9. The molecular weight excluding hydrogens is 354 g/mol. The van der Waals surface area contributed by atoms with Gasteiger partial charge in [0.05, 0.1) is 0 Å². The number of nitrogens with one attached hydrogen (secondary N) is 1. The molecule has 27 heavy (non-hydrogen) atoms. The van der Waals surface area contributed by atoms with Gasteiger partial charge in [-0.3, -0.25) is 14.5 Å². The SMILES string of the molecule is C[C@H](NC(=O)[C@@H]1CCCN1C(=O)OC(C)(C)C)C(=O)N1CCC[C@H]1C(=O)O. The van der Waals surface area contributed by atoms with Gasteiger partial charge >= 0.3 is 12.1 Å². The van der Waals surface area contributed by atoms with Crippen molar-refractivity contribution in [1.82, 2.24) is 15.1 Å². The van der Waals surface area contributed by atoms with E-state index in [1.807, 2.05) is 0 Å². The Balaban J connectivity index is 1.97. The van der Waals surface area contributed by atoms with Gasteiger partial charge < -0.3 is 20.1 Å². The summed E-state index contributed by atoms with van der Waals surface area (Å²) in [5.41, 5.74) is -0.661. The monoisotopic (exact) mass is 383 g/mol. The molecule has 3 atom stereocenters. The number of nitrogens with zero attached hydrogens (tertiary/aromatic N) is 2. The van der Waals surface area contributed by atoms with Crippen molar-refractivity contribution in [2.24, 2.45) is 0 Å². The van der Waals surface area contributed by atoms with Crippen LogP contribution in [0.15, 0.2) is 0 Å². The van der Waals surface area contributed by atoms with Gasteiger partial charge in [-0.2, -0.15) is 0 Å². The Kier molecular flexibility index (Phi) is 6.33. The molecule has 2 saturated heterocycles. The fraction of sp³-hybridized carbons (Fsp3) is 0.778. The summed E-state index contributed by atoms with van der Waals surface area (Å²) in [6.45, 7) is 7.58. The van der Waals surface area contributed by atoms with E-state index in [1.165, 1.54) is 16.7 Å². The van der Waals surface area contributed by atoms with Gasteiger partial charge in [0.25, 0.3) is 0 Å². The zero-order valence-corrected chi connectivity index (χ0v) is 16.4. The fourth-order valence-corrected chi connectivity index (χ4v) is 3.49. The fourth-order valence-electron chi connectivity index (χ4n) is 3.49. The Hall–Kier alpha value is -2.32. The summed E-state index contributed by atoms with van der Waals surface area (Å²) in [6, 6.07) is -2.40. The summed E-state index contributed by atoms with van der Waals surface area (Å²) in [5.74, 6) is -1.88. The standard InChI is InChI=1S/C18H29N3O6/c1-11(15(23)20-9-6-8-13(20)16(24)25)19-14(22)12-7-5-10-21(12)17(26)27-18(2,3)4/h11-13H,5-10H2,1-4H3,(H,19,22)(H,24,25)/t11-,12-,13-/m0/s1. The van der Waals surface area contributed by atoms with Crippen molar-refractivity contribution in [3.63, 3.8) is 0 Å². The molecule has 2 aliphatic rings. The highest BCUT2D eigenvalue weighted by Crippen LogP contribution is 2.22. The molecule has 0 spiro atoms. The minimum atomic E-state index is -1.04. The quantitative estimate of drug-likeness (QED) is 0.747. The van der Waals surface area contributed by atoms with Gasteiger partial charge in [0.2, 0.25) is 11.8 Å². The molecular formula is C18H29N3O6. The van der Waals surface area contributed by atoms with Gasteiger partial charge in [0.1, 0.15) is 23.7 Å². The van der Waals surface area contributed by atoms with Crippen molar-refractivity contribution >= 4 is 23.9 Å². The Morgan fingerprint density at radius 3 is 2.15 bits per heavy atom. The minimum absolute atomic E-state index is 0.365. The van der Waals surface area contributed by atoms with E-state index in [2.05, 4.69) is 5.32 Å². The first-order chi connectivity index (χ1) is 12.5. The molecule has 152 valence electrons. The van der Waals surface area contributed by atoms with Crippen LogP contribution in [0.4, 0.5) is 4.79 Å². The molecule has 9 heteroatoms. The highest BCUT2D eigenvalue weighted by Gasteiger charge is 2.39. The van der Waals surface area contributed by atoms with Gasteiger partial charge in [-0.05, 0) is 53.4 Å². The van der Waals surface area contributed by atoms with Gasteiger partial charge in [-0.15, -0.1) is 0 Å². The molecule has 2 heterocycles. The average Bonchev–Trinajstić information content (AvgIpc) is 3.21. The molecule has 3 amide bonds. The number of hydrogen-bond donors (Lipinski definition) is 2. The second-order valence-corrected chi connectivity index (χ2v) is 8.09. The molecule has 2 N–H and O–H groups in total. The lowest BCUT2D eigenvalue weighted by Gasteiger charge is -2.29. The largest absolute Gasteiger partial charge is 0.480 e. The van der Waals surface area contributed by atoms with Crippen LogP contribution in [0.2, 0.25) is 0 Å². The molecule has 2 fully saturated rings. The van der Waals surface area contributed by atoms with E-state index in [9.17, 15) is 24.3 Å². The molecule has 2 aliphatic heterocycles. The third kappa shape index (κ3) is 5.11. The number of carboxylic acids is 1. The van der Waals surface area contributed by atoms with Crippen LogP contribution < -0.4 is 5.32 Å². The van der Waals surface area contributed by atoms with Crippen LogP contribution in [-0.2, 0) is 19.1 Å². The smallest absolute Gasteiger partial charge is 0.410 e. The lowest BCUT2D eigenvalue weighted by molar-refractivity contribution is -0.149. The molecule has 0 aromatic carbocycles. The lowest BCUT2D eigenvalue weighted by Crippen LogP contribution is -2.54. The van der Waals surface area contributed by atoms with Crippen LogP contribution in [-0.4, -0.2) is 75.6 Å². The second-order valence-electron chi connectivity index (χ2n) is 8.09. The van der Waals surface area contributed by atoms with Crippen molar-refractivity contribution in [1.29, 1.82) is 0 Å². The summed E-state index contributed by atoms with van der Waals surface area (Å²) in [5, 5.41) is 11.9. The van der Waals surface area contributed by atoms with Crippen LogP contribution in [0.5, 0.6) is 0 Å². The number of aliphatic carboxylic acids is 1. The van der Waals surface area contributed by atoms with Crippen LogP contribution in [0.3, 0.4) is 0 Å². The van der Waals surface area contributed by atoms with Crippen molar-refractivity contribution in [2.45, 2.75) is 77.1 Å². The Morgan fingerprint density at radius 1 is 1.04 bits per heavy atom. The first kappa shape index (κ1) is 21.0. The van der Waals surface area contributed by atoms with Crippen LogP contribution in [0.25, 0.3) is 0 Å². The zero-order chi connectivity index (χ0) is 20.4. The van der Waals surface area contributed by atoms with E-state index in [0.717, 1.165) is 0 Å². The number of amides is 3. The molecule has 0 saturated carbocycles. The summed E-state index contributed by atoms with van der Waals surface area (Å²) in [4.78, 5) is 51.4. The first-order valence-corrected chi connectivity index (χ1v) is 9.34. The highest BCUT2D eigenvalue weighted by molar-refractivity contribution is 5.93. The van der Waals surface area contributed by atoms with E-state index < -0.39 is 47.6 Å². The summed E-state index contributed by atoms with van der Waals surface area (Å²) in [7, 11) is 0. The third-order valence-electron chi connectivity index (χ3n) is 4.73. The lowest BCUT2D eigenvalue weighted by atomic mass is 10.1. The van der Waals surface area contributed by atoms with Gasteiger partial charge in [0, 0.05) is 13.1 Å². The molecule has 0 unspecified atom stereocenters. The molecule has 0 aliphatic carbocycles. The predicted octanol–water partition coefficient (Wildman–Crippen LogP) is 0.966. The molecule has 0 bridgehead atoms. The van der Waals surface area contributed by atoms with E-state index >= 15 is 0 Å². The summed E-state index contributed by atoms with van der Waals surface area (Å²) >= 11 is 0. The van der Waals surface area contributed by atoms with Gasteiger partial charge in [-0.25, -0.2) is 9.59 Å². The number of likely N-dealkylation sites (tertiary alicyclic amines) is 2. The van der Waals surface area contributed by atoms with Crippen molar-refractivity contribution in [3.8, 4) is 0 Å². The van der Waals surface area contributed by atoms with Crippen LogP contribution >= 0.6 is 0 Å². The van der Waals surface area contributed by atoms with E-state index in [4.69, 9.17) is 4.74 Å². The summed E-state index contributed by atoms with van der Waals surface area (Å²) in [6.07, 6.45) is 1.65. The number of hydrogen-bond acceptors (Lipinski definition) is 5. The van der Waals surface area contributed by atoms with Crippen molar-refractivity contribution in [2.75, 3.05) is 13.1 Å². The summed E-state index contributed by atoms with van der Waals surface area (Å²) < 4.78 is 5.34. The Morgan fingerprint density at radius 2 is 1.59 bits per heavy atom. The maximum atomic E-state index is 12.6. The molecule has 0 radical (unpaired) electrons. The molecule has 9 nitrogen and oxygen atoms in total. The van der Waals surface area contributed by atoms with Crippen molar-refractivity contribution in [3.05, 3.63) is 0 Å². The van der Waals surface area contributed by atoms with E-state index in [0.29, 0.717) is 38.8 Å². The second kappa shape index (κ2) is 8.14. The number of ether oxygens (including phenoxy) is 1. The van der Waals surface area contributed by atoms with Crippen LogP contribution in [0, 0.1) is 0 Å². The zero-order valence-electron chi connectivity index (χ0n) is 16.4. The maximum absolute atomic E-state index is 12.6.